The Labute approximate surface area is 116 Å². The predicted octanol–water partition coefficient (Wildman–Crippen LogP) is 3.85. The first-order chi connectivity index (χ1) is 9.24. The number of hydrogen-bond donors (Lipinski definition) is 1. The fourth-order valence-corrected chi connectivity index (χ4v) is 2.30. The van der Waals surface area contributed by atoms with E-state index >= 15 is 0 Å². The second-order valence-corrected chi connectivity index (χ2v) is 4.71. The van der Waals surface area contributed by atoms with Gasteiger partial charge in [-0.3, -0.25) is 4.99 Å². The lowest BCUT2D eigenvalue weighted by Crippen LogP contribution is -2.16. The molecule has 0 saturated heterocycles. The van der Waals surface area contributed by atoms with E-state index in [4.69, 9.17) is 17.3 Å². The highest BCUT2D eigenvalue weighted by atomic mass is 35.5. The van der Waals surface area contributed by atoms with Gasteiger partial charge in [0, 0.05) is 17.0 Å². The molecule has 0 fully saturated rings. The Morgan fingerprint density at radius 2 is 1.53 bits per heavy atom. The SMILES string of the molecule is NC1=Nc2ccccc2N=C(c2ccccc2Cl)C1. The van der Waals surface area contributed by atoms with Crippen LogP contribution in [0.2, 0.25) is 5.02 Å². The molecule has 2 aromatic carbocycles. The van der Waals surface area contributed by atoms with Crippen LogP contribution < -0.4 is 5.73 Å². The molecule has 0 radical (unpaired) electrons. The lowest BCUT2D eigenvalue weighted by atomic mass is 10.1. The minimum absolute atomic E-state index is 0.498. The lowest BCUT2D eigenvalue weighted by molar-refractivity contribution is 1.41. The summed E-state index contributed by atoms with van der Waals surface area (Å²) < 4.78 is 0. The standard InChI is InChI=1S/C15H12ClN3/c16-11-6-2-1-5-10(11)14-9-15(17)19-13-8-4-3-7-12(13)18-14/h1-8H,9H2,(H2,17,19). The Balaban J connectivity index is 2.17. The Hall–Kier alpha value is -2.13. The topological polar surface area (TPSA) is 50.7 Å². The van der Waals surface area contributed by atoms with E-state index in [0.29, 0.717) is 17.3 Å². The van der Waals surface area contributed by atoms with Gasteiger partial charge >= 0.3 is 0 Å². The molecule has 0 saturated carbocycles. The highest BCUT2D eigenvalue weighted by Crippen LogP contribution is 2.31. The molecule has 0 aliphatic carbocycles. The van der Waals surface area contributed by atoms with Gasteiger partial charge in [-0.2, -0.15) is 0 Å². The number of halogens is 1. The summed E-state index contributed by atoms with van der Waals surface area (Å²) in [4.78, 5) is 9.04. The zero-order valence-corrected chi connectivity index (χ0v) is 10.9. The molecule has 0 bridgehead atoms. The summed E-state index contributed by atoms with van der Waals surface area (Å²) in [6, 6.07) is 15.3. The molecule has 2 aromatic rings. The number of rotatable bonds is 1. The zero-order valence-electron chi connectivity index (χ0n) is 10.2. The van der Waals surface area contributed by atoms with Crippen LogP contribution in [0.3, 0.4) is 0 Å². The number of nitrogens with two attached hydrogens (primary N) is 1. The van der Waals surface area contributed by atoms with E-state index in [1.54, 1.807) is 0 Å². The Kier molecular flexibility index (Phi) is 3.05. The van der Waals surface area contributed by atoms with Crippen molar-refractivity contribution in [2.24, 2.45) is 15.7 Å². The molecule has 4 heteroatoms. The van der Waals surface area contributed by atoms with Gasteiger partial charge in [-0.15, -0.1) is 0 Å². The molecule has 0 unspecified atom stereocenters. The van der Waals surface area contributed by atoms with E-state index in [9.17, 15) is 0 Å². The second-order valence-electron chi connectivity index (χ2n) is 4.31. The molecule has 2 N–H and O–H groups in total. The number of amidine groups is 1. The number of aliphatic imine (C=N–C) groups is 2. The Morgan fingerprint density at radius 3 is 2.26 bits per heavy atom. The quantitative estimate of drug-likeness (QED) is 0.840. The van der Waals surface area contributed by atoms with E-state index in [2.05, 4.69) is 9.98 Å². The molecule has 0 amide bonds. The molecule has 1 aliphatic rings. The van der Waals surface area contributed by atoms with Crippen molar-refractivity contribution in [2.45, 2.75) is 6.42 Å². The van der Waals surface area contributed by atoms with Gasteiger partial charge in [0.05, 0.1) is 17.1 Å². The number of benzene rings is 2. The molecular weight excluding hydrogens is 258 g/mol. The molecule has 1 heterocycles. The van der Waals surface area contributed by atoms with Crippen molar-refractivity contribution >= 4 is 34.5 Å². The summed E-state index contributed by atoms with van der Waals surface area (Å²) in [5.74, 6) is 0.545. The molecule has 0 spiro atoms. The van der Waals surface area contributed by atoms with Crippen molar-refractivity contribution in [2.75, 3.05) is 0 Å². The molecule has 3 nitrogen and oxygen atoms in total. The Morgan fingerprint density at radius 1 is 0.895 bits per heavy atom. The lowest BCUT2D eigenvalue weighted by Gasteiger charge is -2.06. The first-order valence-electron chi connectivity index (χ1n) is 5.98. The maximum atomic E-state index is 6.22. The summed E-state index contributed by atoms with van der Waals surface area (Å²) in [5, 5.41) is 0.674. The van der Waals surface area contributed by atoms with Gasteiger partial charge in [-0.1, -0.05) is 41.9 Å². The second kappa shape index (κ2) is 4.86. The van der Waals surface area contributed by atoms with Gasteiger partial charge in [0.25, 0.3) is 0 Å². The fourth-order valence-electron chi connectivity index (χ4n) is 2.05. The van der Waals surface area contributed by atoms with Gasteiger partial charge in [-0.05, 0) is 18.2 Å². The maximum absolute atomic E-state index is 6.22. The molecule has 0 aromatic heterocycles. The van der Waals surface area contributed by atoms with Crippen LogP contribution in [0.5, 0.6) is 0 Å². The Bertz CT molecular complexity index is 689. The van der Waals surface area contributed by atoms with Crippen LogP contribution in [-0.4, -0.2) is 11.5 Å². The largest absolute Gasteiger partial charge is 0.387 e. The maximum Gasteiger partial charge on any atom is 0.106 e. The average molecular weight is 270 g/mol. The fraction of sp³-hybridized carbons (Fsp3) is 0.0667. The smallest absolute Gasteiger partial charge is 0.106 e. The van der Waals surface area contributed by atoms with E-state index in [0.717, 1.165) is 22.6 Å². The van der Waals surface area contributed by atoms with Crippen LogP contribution in [0.1, 0.15) is 12.0 Å². The minimum atomic E-state index is 0.498. The van der Waals surface area contributed by atoms with Crippen molar-refractivity contribution in [1.29, 1.82) is 0 Å². The number of hydrogen-bond acceptors (Lipinski definition) is 3. The van der Waals surface area contributed by atoms with Crippen LogP contribution in [0.25, 0.3) is 0 Å². The first-order valence-corrected chi connectivity index (χ1v) is 6.36. The van der Waals surface area contributed by atoms with Crippen molar-refractivity contribution in [3.8, 4) is 0 Å². The molecular formula is C15H12ClN3. The molecule has 19 heavy (non-hydrogen) atoms. The third-order valence-corrected chi connectivity index (χ3v) is 3.26. The summed E-state index contributed by atoms with van der Waals surface area (Å²) in [6.45, 7) is 0. The normalized spacial score (nSPS) is 14.2. The first kappa shape index (κ1) is 11.9. The van der Waals surface area contributed by atoms with Gasteiger partial charge in [0.1, 0.15) is 5.84 Å². The minimum Gasteiger partial charge on any atom is -0.387 e. The van der Waals surface area contributed by atoms with Crippen molar-refractivity contribution in [1.82, 2.24) is 0 Å². The van der Waals surface area contributed by atoms with Crippen LogP contribution in [0.15, 0.2) is 58.5 Å². The average Bonchev–Trinajstić information content (AvgIpc) is 2.57. The van der Waals surface area contributed by atoms with Crippen molar-refractivity contribution < 1.29 is 0 Å². The summed E-state index contributed by atoms with van der Waals surface area (Å²) in [5.41, 5.74) is 9.31. The van der Waals surface area contributed by atoms with Crippen LogP contribution in [-0.2, 0) is 0 Å². The summed E-state index contributed by atoms with van der Waals surface area (Å²) in [6.07, 6.45) is 0.498. The van der Waals surface area contributed by atoms with Crippen molar-refractivity contribution in [3.05, 3.63) is 59.1 Å². The van der Waals surface area contributed by atoms with Crippen molar-refractivity contribution in [3.63, 3.8) is 0 Å². The highest BCUT2D eigenvalue weighted by molar-refractivity contribution is 6.35. The third-order valence-electron chi connectivity index (χ3n) is 2.93. The third kappa shape index (κ3) is 2.37. The zero-order chi connectivity index (χ0) is 13.2. The number of fused-ring (bicyclic) bond motifs is 1. The number of nitrogens with zero attached hydrogens (tertiary/aromatic N) is 2. The van der Waals surface area contributed by atoms with Crippen LogP contribution in [0, 0.1) is 0 Å². The highest BCUT2D eigenvalue weighted by Gasteiger charge is 2.14. The predicted molar refractivity (Wildman–Crippen MR) is 80.0 cm³/mol. The molecule has 94 valence electrons. The molecule has 3 rings (SSSR count). The molecule has 0 atom stereocenters. The van der Waals surface area contributed by atoms with E-state index in [1.807, 2.05) is 48.5 Å². The van der Waals surface area contributed by atoms with E-state index < -0.39 is 0 Å². The van der Waals surface area contributed by atoms with E-state index in [-0.39, 0.29) is 0 Å². The van der Waals surface area contributed by atoms with Gasteiger partial charge in [0.2, 0.25) is 0 Å². The van der Waals surface area contributed by atoms with Crippen LogP contribution >= 0.6 is 11.6 Å². The van der Waals surface area contributed by atoms with Gasteiger partial charge in [-0.25, -0.2) is 4.99 Å². The molecule has 1 aliphatic heterocycles. The van der Waals surface area contributed by atoms with Crippen LogP contribution in [0.4, 0.5) is 11.4 Å². The van der Waals surface area contributed by atoms with E-state index in [1.165, 1.54) is 0 Å². The summed E-state index contributed by atoms with van der Waals surface area (Å²) in [7, 11) is 0. The monoisotopic (exact) mass is 269 g/mol. The summed E-state index contributed by atoms with van der Waals surface area (Å²) >= 11 is 6.22. The number of para-hydroxylation sites is 2. The van der Waals surface area contributed by atoms with Gasteiger partial charge < -0.3 is 5.73 Å². The van der Waals surface area contributed by atoms with Gasteiger partial charge in [0.15, 0.2) is 0 Å².